The number of carboxylic acid groups (broad SMARTS) is 1. The second-order valence-electron chi connectivity index (χ2n) is 4.80. The number of carbonyl (C=O) groups is 2. The molecule has 0 aromatic carbocycles. The fourth-order valence-electron chi connectivity index (χ4n) is 1.40. The molecule has 0 radical (unpaired) electrons. The molecule has 1 atom stereocenters. The van der Waals surface area contributed by atoms with E-state index in [0.29, 0.717) is 5.76 Å². The molecule has 1 heterocycles. The Balaban J connectivity index is 2.77. The summed E-state index contributed by atoms with van der Waals surface area (Å²) < 4.78 is 4.99. The van der Waals surface area contributed by atoms with Gasteiger partial charge in [-0.2, -0.15) is 0 Å². The lowest BCUT2D eigenvalue weighted by Crippen LogP contribution is -2.44. The summed E-state index contributed by atoms with van der Waals surface area (Å²) in [7, 11) is 0. The average Bonchev–Trinajstić information content (AvgIpc) is 2.73. The van der Waals surface area contributed by atoms with Crippen molar-refractivity contribution in [3.8, 4) is 0 Å². The highest BCUT2D eigenvalue weighted by Gasteiger charge is 2.25. The van der Waals surface area contributed by atoms with Crippen LogP contribution in [0, 0.1) is 5.92 Å². The van der Waals surface area contributed by atoms with Crippen molar-refractivity contribution in [2.75, 3.05) is 0 Å². The highest BCUT2D eigenvalue weighted by atomic mass is 16.5. The molecule has 0 aliphatic rings. The van der Waals surface area contributed by atoms with E-state index in [1.807, 2.05) is 13.8 Å². The van der Waals surface area contributed by atoms with Gasteiger partial charge in [-0.3, -0.25) is 4.79 Å². The van der Waals surface area contributed by atoms with Gasteiger partial charge in [0, 0.05) is 12.0 Å². The first-order valence-electron chi connectivity index (χ1n) is 5.83. The van der Waals surface area contributed by atoms with Crippen LogP contribution in [-0.2, 0) is 4.79 Å². The maximum Gasteiger partial charge on any atom is 0.326 e. The van der Waals surface area contributed by atoms with Crippen molar-refractivity contribution >= 4 is 11.9 Å². The molecule has 0 bridgehead atoms. The Hall–Kier alpha value is -1.85. The van der Waals surface area contributed by atoms with E-state index in [2.05, 4.69) is 10.5 Å². The SMILES string of the molecule is CC(C)c1cc(C(=O)NC(C(=O)O)C(C)C)no1. The quantitative estimate of drug-likeness (QED) is 0.833. The molecule has 18 heavy (non-hydrogen) atoms. The number of aromatic nitrogens is 1. The van der Waals surface area contributed by atoms with Crippen molar-refractivity contribution in [1.29, 1.82) is 0 Å². The van der Waals surface area contributed by atoms with Gasteiger partial charge in [0.2, 0.25) is 0 Å². The summed E-state index contributed by atoms with van der Waals surface area (Å²) >= 11 is 0. The van der Waals surface area contributed by atoms with Gasteiger partial charge in [0.15, 0.2) is 5.69 Å². The summed E-state index contributed by atoms with van der Waals surface area (Å²) in [6, 6.07) is 0.593. The van der Waals surface area contributed by atoms with Gasteiger partial charge in [0.1, 0.15) is 11.8 Å². The van der Waals surface area contributed by atoms with Gasteiger partial charge in [-0.1, -0.05) is 32.9 Å². The predicted octanol–water partition coefficient (Wildman–Crippen LogP) is 1.64. The number of nitrogens with one attached hydrogen (secondary N) is 1. The van der Waals surface area contributed by atoms with Gasteiger partial charge >= 0.3 is 5.97 Å². The molecule has 1 unspecified atom stereocenters. The van der Waals surface area contributed by atoms with Crippen LogP contribution in [0.4, 0.5) is 0 Å². The van der Waals surface area contributed by atoms with Gasteiger partial charge in [0.25, 0.3) is 5.91 Å². The second kappa shape index (κ2) is 5.66. The number of aliphatic carboxylic acids is 1. The Morgan fingerprint density at radius 3 is 2.33 bits per heavy atom. The lowest BCUT2D eigenvalue weighted by Gasteiger charge is -2.16. The second-order valence-corrected chi connectivity index (χ2v) is 4.80. The molecule has 1 rings (SSSR count). The lowest BCUT2D eigenvalue weighted by atomic mass is 10.0. The van der Waals surface area contributed by atoms with Crippen molar-refractivity contribution in [2.45, 2.75) is 39.7 Å². The van der Waals surface area contributed by atoms with Crippen LogP contribution in [0.25, 0.3) is 0 Å². The Labute approximate surface area is 105 Å². The third-order valence-electron chi connectivity index (χ3n) is 2.55. The Morgan fingerprint density at radius 2 is 1.94 bits per heavy atom. The minimum absolute atomic E-state index is 0.102. The van der Waals surface area contributed by atoms with Crippen molar-refractivity contribution in [3.05, 3.63) is 17.5 Å². The van der Waals surface area contributed by atoms with Gasteiger partial charge in [-0.15, -0.1) is 0 Å². The highest BCUT2D eigenvalue weighted by molar-refractivity contribution is 5.94. The van der Waals surface area contributed by atoms with Crippen molar-refractivity contribution < 1.29 is 19.2 Å². The van der Waals surface area contributed by atoms with E-state index in [1.54, 1.807) is 13.8 Å². The molecule has 6 heteroatoms. The molecule has 1 aromatic rings. The standard InChI is InChI=1S/C12H18N2O4/c1-6(2)9-5-8(14-18-9)11(15)13-10(7(3)4)12(16)17/h5-7,10H,1-4H3,(H,13,15)(H,16,17). The van der Waals surface area contributed by atoms with Crippen LogP contribution in [0.1, 0.15) is 49.9 Å². The van der Waals surface area contributed by atoms with E-state index in [1.165, 1.54) is 6.07 Å². The third kappa shape index (κ3) is 3.32. The van der Waals surface area contributed by atoms with Crippen LogP contribution in [0.5, 0.6) is 0 Å². The summed E-state index contributed by atoms with van der Waals surface area (Å²) in [5.41, 5.74) is 0.102. The number of carboxylic acids is 1. The summed E-state index contributed by atoms with van der Waals surface area (Å²) in [6.45, 7) is 7.27. The van der Waals surface area contributed by atoms with Gasteiger partial charge in [-0.25, -0.2) is 4.79 Å². The first-order chi connectivity index (χ1) is 8.32. The maximum atomic E-state index is 11.8. The molecule has 2 N–H and O–H groups in total. The summed E-state index contributed by atoms with van der Waals surface area (Å²) in [4.78, 5) is 22.8. The summed E-state index contributed by atoms with van der Waals surface area (Å²) in [6.07, 6.45) is 0. The largest absolute Gasteiger partial charge is 0.480 e. The number of hydrogen-bond acceptors (Lipinski definition) is 4. The smallest absolute Gasteiger partial charge is 0.326 e. The van der Waals surface area contributed by atoms with Crippen LogP contribution >= 0.6 is 0 Å². The molecule has 0 aliphatic heterocycles. The molecule has 0 aliphatic carbocycles. The van der Waals surface area contributed by atoms with Crippen LogP contribution in [0.2, 0.25) is 0 Å². The number of amides is 1. The molecular weight excluding hydrogens is 236 g/mol. The molecule has 1 aromatic heterocycles. The Bertz CT molecular complexity index is 437. The van der Waals surface area contributed by atoms with Gasteiger partial charge in [-0.05, 0) is 5.92 Å². The van der Waals surface area contributed by atoms with Crippen LogP contribution in [0.3, 0.4) is 0 Å². The van der Waals surface area contributed by atoms with Crippen molar-refractivity contribution in [2.24, 2.45) is 5.92 Å². The number of hydrogen-bond donors (Lipinski definition) is 2. The predicted molar refractivity (Wildman–Crippen MR) is 64.3 cm³/mol. The van der Waals surface area contributed by atoms with Gasteiger partial charge < -0.3 is 14.9 Å². The molecule has 0 saturated heterocycles. The van der Waals surface area contributed by atoms with E-state index < -0.39 is 17.9 Å². The van der Waals surface area contributed by atoms with Crippen LogP contribution in [0.15, 0.2) is 10.6 Å². The topological polar surface area (TPSA) is 92.4 Å². The first kappa shape index (κ1) is 14.2. The third-order valence-corrected chi connectivity index (χ3v) is 2.55. The molecule has 0 spiro atoms. The van der Waals surface area contributed by atoms with E-state index in [-0.39, 0.29) is 17.5 Å². The molecule has 6 nitrogen and oxygen atoms in total. The zero-order valence-corrected chi connectivity index (χ0v) is 10.9. The minimum atomic E-state index is -1.06. The highest BCUT2D eigenvalue weighted by Crippen LogP contribution is 2.15. The lowest BCUT2D eigenvalue weighted by molar-refractivity contribution is -0.140. The van der Waals surface area contributed by atoms with E-state index >= 15 is 0 Å². The molecular formula is C12H18N2O4. The first-order valence-corrected chi connectivity index (χ1v) is 5.83. The average molecular weight is 254 g/mol. The number of rotatable bonds is 5. The van der Waals surface area contributed by atoms with E-state index in [9.17, 15) is 9.59 Å². The number of nitrogens with zero attached hydrogens (tertiary/aromatic N) is 1. The Morgan fingerprint density at radius 1 is 1.33 bits per heavy atom. The zero-order valence-electron chi connectivity index (χ0n) is 10.9. The van der Waals surface area contributed by atoms with Crippen LogP contribution in [-0.4, -0.2) is 28.2 Å². The maximum absolute atomic E-state index is 11.8. The molecule has 1 amide bonds. The molecule has 100 valence electrons. The minimum Gasteiger partial charge on any atom is -0.480 e. The monoisotopic (exact) mass is 254 g/mol. The van der Waals surface area contributed by atoms with Crippen molar-refractivity contribution in [1.82, 2.24) is 10.5 Å². The molecule has 0 fully saturated rings. The summed E-state index contributed by atoms with van der Waals surface area (Å²) in [5, 5.41) is 15.0. The van der Waals surface area contributed by atoms with Gasteiger partial charge in [0.05, 0.1) is 0 Å². The number of carbonyl (C=O) groups excluding carboxylic acids is 1. The van der Waals surface area contributed by atoms with Crippen LogP contribution < -0.4 is 5.32 Å². The van der Waals surface area contributed by atoms with E-state index in [4.69, 9.17) is 9.63 Å². The fourth-order valence-corrected chi connectivity index (χ4v) is 1.40. The zero-order chi connectivity index (χ0) is 13.9. The van der Waals surface area contributed by atoms with E-state index in [0.717, 1.165) is 0 Å². The summed E-state index contributed by atoms with van der Waals surface area (Å²) in [5.74, 6) is -1.09. The Kier molecular flexibility index (Phi) is 4.47. The fraction of sp³-hybridized carbons (Fsp3) is 0.583. The van der Waals surface area contributed by atoms with Crippen molar-refractivity contribution in [3.63, 3.8) is 0 Å². The normalized spacial score (nSPS) is 12.8. The molecule has 0 saturated carbocycles.